The van der Waals surface area contributed by atoms with Crippen LogP contribution in [0.1, 0.15) is 65.9 Å². The van der Waals surface area contributed by atoms with E-state index in [0.29, 0.717) is 30.0 Å². The molecule has 3 atom stereocenters. The number of carbonyl (C=O) groups is 1. The first-order chi connectivity index (χ1) is 16.3. The number of amides is 1. The van der Waals surface area contributed by atoms with Crippen LogP contribution in [0.5, 0.6) is 0 Å². The normalized spacial score (nSPS) is 23.7. The maximum absolute atomic E-state index is 13.4. The Balaban J connectivity index is 1.28. The Bertz CT molecular complexity index is 1270. The molecule has 3 saturated carbocycles. The lowest BCUT2D eigenvalue weighted by Crippen LogP contribution is -2.54. The molecule has 1 aromatic heterocycles. The van der Waals surface area contributed by atoms with Crippen molar-refractivity contribution in [2.24, 2.45) is 23.2 Å². The molecule has 1 N–H and O–H groups in total. The molecule has 4 nitrogen and oxygen atoms in total. The third-order valence-electron chi connectivity index (χ3n) is 8.93. The predicted molar refractivity (Wildman–Crippen MR) is 136 cm³/mol. The minimum Gasteiger partial charge on any atom is -0.350 e. The van der Waals surface area contributed by atoms with Crippen molar-refractivity contribution < 1.29 is 4.79 Å². The highest BCUT2D eigenvalue weighted by atomic mass is 35.5. The van der Waals surface area contributed by atoms with Crippen LogP contribution in [0.25, 0.3) is 11.3 Å². The van der Waals surface area contributed by atoms with Gasteiger partial charge in [-0.3, -0.25) is 9.48 Å². The number of aryl methyl sites for hydroxylation is 1. The topological polar surface area (TPSA) is 46.9 Å². The van der Waals surface area contributed by atoms with E-state index in [1.807, 2.05) is 16.8 Å². The molecule has 7 rings (SSSR count). The fourth-order valence-electron chi connectivity index (χ4n) is 6.78. The highest BCUT2D eigenvalue weighted by Crippen LogP contribution is 2.61. The summed E-state index contributed by atoms with van der Waals surface area (Å²) in [6.07, 6.45) is 4.54. The summed E-state index contributed by atoms with van der Waals surface area (Å²) in [7, 11) is 0. The van der Waals surface area contributed by atoms with Crippen molar-refractivity contribution in [2.45, 2.75) is 53.0 Å². The Hall–Kier alpha value is -2.59. The second-order valence-corrected chi connectivity index (χ2v) is 11.6. The molecule has 3 unspecified atom stereocenters. The van der Waals surface area contributed by atoms with Crippen molar-refractivity contribution in [3.05, 3.63) is 75.4 Å². The van der Waals surface area contributed by atoms with E-state index < -0.39 is 0 Å². The number of carbonyl (C=O) groups excluding carboxylic acids is 1. The minimum atomic E-state index is -0.0444. The molecule has 4 aliphatic carbocycles. The Morgan fingerprint density at radius 2 is 1.97 bits per heavy atom. The zero-order valence-corrected chi connectivity index (χ0v) is 21.0. The third-order valence-corrected chi connectivity index (χ3v) is 9.17. The number of halogens is 1. The molecule has 3 aromatic rings. The van der Waals surface area contributed by atoms with Crippen LogP contribution in [0.3, 0.4) is 0 Å². The van der Waals surface area contributed by atoms with Gasteiger partial charge in [0.15, 0.2) is 5.69 Å². The number of rotatable bonds is 5. The summed E-state index contributed by atoms with van der Waals surface area (Å²) in [6.45, 7) is 8.29. The maximum Gasteiger partial charge on any atom is 0.272 e. The van der Waals surface area contributed by atoms with E-state index in [1.54, 1.807) is 0 Å². The van der Waals surface area contributed by atoms with E-state index in [-0.39, 0.29) is 5.91 Å². The van der Waals surface area contributed by atoms with E-state index in [1.165, 1.54) is 36.0 Å². The second-order valence-electron chi connectivity index (χ2n) is 11.2. The molecule has 1 heterocycles. The number of fused-ring (bicyclic) bond motifs is 5. The van der Waals surface area contributed by atoms with Gasteiger partial charge in [0, 0.05) is 29.1 Å². The largest absolute Gasteiger partial charge is 0.350 e. The maximum atomic E-state index is 13.4. The summed E-state index contributed by atoms with van der Waals surface area (Å²) in [5.41, 5.74) is 7.77. The van der Waals surface area contributed by atoms with Crippen LogP contribution in [-0.2, 0) is 13.0 Å². The van der Waals surface area contributed by atoms with Gasteiger partial charge in [-0.1, -0.05) is 61.3 Å². The average Bonchev–Trinajstić information content (AvgIpc) is 3.36. The van der Waals surface area contributed by atoms with Crippen LogP contribution in [-0.4, -0.2) is 22.2 Å². The zero-order chi connectivity index (χ0) is 23.6. The quantitative estimate of drug-likeness (QED) is 0.371. The molecule has 0 saturated heterocycles. The van der Waals surface area contributed by atoms with E-state index in [2.05, 4.69) is 56.4 Å². The highest BCUT2D eigenvalue weighted by molar-refractivity contribution is 6.30. The van der Waals surface area contributed by atoms with E-state index in [4.69, 9.17) is 16.7 Å². The van der Waals surface area contributed by atoms with Crippen LogP contribution >= 0.6 is 11.6 Å². The number of aromatic nitrogens is 2. The molecule has 0 aliphatic heterocycles. The Morgan fingerprint density at radius 1 is 1.18 bits per heavy atom. The summed E-state index contributed by atoms with van der Waals surface area (Å²) in [5.74, 6) is 2.12. The van der Waals surface area contributed by atoms with Gasteiger partial charge in [-0.05, 0) is 72.6 Å². The van der Waals surface area contributed by atoms with Gasteiger partial charge in [0.1, 0.15) is 0 Å². The molecule has 5 heteroatoms. The van der Waals surface area contributed by atoms with Gasteiger partial charge in [-0.2, -0.15) is 5.10 Å². The van der Waals surface area contributed by atoms with Crippen LogP contribution < -0.4 is 5.32 Å². The van der Waals surface area contributed by atoms with Crippen molar-refractivity contribution >= 4 is 17.5 Å². The molecule has 0 spiro atoms. The molecular formula is C29H32ClN3O. The van der Waals surface area contributed by atoms with Crippen molar-refractivity contribution in [1.82, 2.24) is 15.1 Å². The molecule has 176 valence electrons. The monoisotopic (exact) mass is 473 g/mol. The molecule has 0 radical (unpaired) electrons. The zero-order valence-electron chi connectivity index (χ0n) is 20.2. The second kappa shape index (κ2) is 7.98. The van der Waals surface area contributed by atoms with Gasteiger partial charge in [0.25, 0.3) is 5.91 Å². The summed E-state index contributed by atoms with van der Waals surface area (Å²) in [5, 5.41) is 8.87. The lowest BCUT2D eigenvalue weighted by atomic mass is 9.45. The van der Waals surface area contributed by atoms with E-state index >= 15 is 0 Å². The average molecular weight is 474 g/mol. The number of benzene rings is 2. The van der Waals surface area contributed by atoms with E-state index in [9.17, 15) is 4.79 Å². The van der Waals surface area contributed by atoms with Gasteiger partial charge in [0.2, 0.25) is 0 Å². The minimum absolute atomic E-state index is 0.0444. The molecule has 2 aromatic carbocycles. The summed E-state index contributed by atoms with van der Waals surface area (Å²) in [6, 6.07) is 14.5. The number of hydrogen-bond donors (Lipinski definition) is 1. The summed E-state index contributed by atoms with van der Waals surface area (Å²) >= 11 is 6.29. The Labute approximate surface area is 206 Å². The first-order valence-electron chi connectivity index (χ1n) is 12.5. The Morgan fingerprint density at radius 3 is 2.71 bits per heavy atom. The molecule has 2 bridgehead atoms. The fraction of sp³-hybridized carbons (Fsp3) is 0.448. The summed E-state index contributed by atoms with van der Waals surface area (Å²) in [4.78, 5) is 13.4. The van der Waals surface area contributed by atoms with Gasteiger partial charge >= 0.3 is 0 Å². The summed E-state index contributed by atoms with van der Waals surface area (Å²) < 4.78 is 2.01. The van der Waals surface area contributed by atoms with Crippen molar-refractivity contribution in [2.75, 3.05) is 6.54 Å². The molecule has 4 aliphatic rings. The smallest absolute Gasteiger partial charge is 0.272 e. The third kappa shape index (κ3) is 3.50. The molecule has 1 amide bonds. The lowest BCUT2D eigenvalue weighted by Gasteiger charge is -2.60. The SMILES string of the molecule is Cc1ccc(Cn2nc(C(=O)NCC3CCC4CC3C4(C)C)c3c2-c2ccc(Cl)cc2C3)cc1. The predicted octanol–water partition coefficient (Wildman–Crippen LogP) is 6.27. The molecular weight excluding hydrogens is 442 g/mol. The van der Waals surface area contributed by atoms with Crippen molar-refractivity contribution in [3.63, 3.8) is 0 Å². The van der Waals surface area contributed by atoms with Crippen LogP contribution in [0, 0.1) is 30.1 Å². The van der Waals surface area contributed by atoms with Gasteiger partial charge in [-0.15, -0.1) is 0 Å². The van der Waals surface area contributed by atoms with Gasteiger partial charge in [0.05, 0.1) is 12.2 Å². The molecule has 3 fully saturated rings. The van der Waals surface area contributed by atoms with Crippen LogP contribution in [0.4, 0.5) is 0 Å². The molecule has 34 heavy (non-hydrogen) atoms. The van der Waals surface area contributed by atoms with Crippen LogP contribution in [0.2, 0.25) is 5.02 Å². The first kappa shape index (κ1) is 21.9. The van der Waals surface area contributed by atoms with E-state index in [0.717, 1.165) is 40.2 Å². The van der Waals surface area contributed by atoms with Crippen molar-refractivity contribution in [3.8, 4) is 11.3 Å². The van der Waals surface area contributed by atoms with Gasteiger partial charge in [-0.25, -0.2) is 0 Å². The highest BCUT2D eigenvalue weighted by Gasteiger charge is 2.54. The Kier molecular flexibility index (Phi) is 5.14. The van der Waals surface area contributed by atoms with Crippen LogP contribution in [0.15, 0.2) is 42.5 Å². The lowest BCUT2D eigenvalue weighted by molar-refractivity contribution is -0.103. The van der Waals surface area contributed by atoms with Crippen molar-refractivity contribution in [1.29, 1.82) is 0 Å². The number of nitrogens with zero attached hydrogens (tertiary/aromatic N) is 2. The van der Waals surface area contributed by atoms with Gasteiger partial charge < -0.3 is 5.32 Å². The first-order valence-corrected chi connectivity index (χ1v) is 12.9. The fourth-order valence-corrected chi connectivity index (χ4v) is 6.97. The number of hydrogen-bond acceptors (Lipinski definition) is 2. The standard InChI is InChI=1S/C29H32ClN3O/c1-17-4-6-18(7-5-17)16-33-27-23-11-10-22(30)12-20(23)13-24(27)26(32-33)28(34)31-15-19-8-9-21-14-25(19)29(21,2)3/h4-7,10-12,19,21,25H,8-9,13-16H2,1-3H3,(H,31,34). The number of nitrogens with one attached hydrogen (secondary N) is 1.